The number of nitrogens with zero attached hydrogens (tertiary/aromatic N) is 2. The fraction of sp³-hybridized carbons (Fsp3) is 0.400. The molecule has 0 aliphatic heterocycles. The van der Waals surface area contributed by atoms with Crippen LogP contribution >= 0.6 is 0 Å². The van der Waals surface area contributed by atoms with Crippen LogP contribution in [-0.4, -0.2) is 16.1 Å². The number of fused-ring (bicyclic) bond motifs is 1. The summed E-state index contributed by atoms with van der Waals surface area (Å²) in [6, 6.07) is 9.04. The Labute approximate surface area is 108 Å². The molecule has 3 heteroatoms. The van der Waals surface area contributed by atoms with Crippen LogP contribution in [0.2, 0.25) is 0 Å². The predicted octanol–water partition coefficient (Wildman–Crippen LogP) is 2.41. The van der Waals surface area contributed by atoms with Crippen molar-refractivity contribution in [1.29, 1.82) is 0 Å². The molecule has 2 unspecified atom stereocenters. The predicted molar refractivity (Wildman–Crippen MR) is 72.5 cm³/mol. The fourth-order valence-corrected chi connectivity index (χ4v) is 2.75. The average Bonchev–Trinajstić information content (AvgIpc) is 2.76. The molecule has 1 aliphatic carbocycles. The largest absolute Gasteiger partial charge is 0.337 e. The summed E-state index contributed by atoms with van der Waals surface area (Å²) in [4.78, 5) is 4.38. The van der Waals surface area contributed by atoms with Crippen LogP contribution in [0.5, 0.6) is 0 Å². The molecular formula is C15H19N3. The van der Waals surface area contributed by atoms with E-state index >= 15 is 0 Å². The Morgan fingerprint density at radius 3 is 3.00 bits per heavy atom. The number of hydrogen-bond acceptors (Lipinski definition) is 2. The van der Waals surface area contributed by atoms with Gasteiger partial charge in [-0.3, -0.25) is 0 Å². The van der Waals surface area contributed by atoms with Crippen molar-refractivity contribution in [2.45, 2.75) is 25.3 Å². The van der Waals surface area contributed by atoms with Crippen molar-refractivity contribution in [2.24, 2.45) is 7.05 Å². The molecule has 0 spiro atoms. The summed E-state index contributed by atoms with van der Waals surface area (Å²) < 4.78 is 2.08. The lowest BCUT2D eigenvalue weighted by Gasteiger charge is -2.31. The van der Waals surface area contributed by atoms with Crippen molar-refractivity contribution in [3.05, 3.63) is 53.6 Å². The van der Waals surface area contributed by atoms with Crippen LogP contribution in [0.15, 0.2) is 36.7 Å². The van der Waals surface area contributed by atoms with Crippen LogP contribution in [0.25, 0.3) is 0 Å². The van der Waals surface area contributed by atoms with Crippen molar-refractivity contribution in [2.75, 3.05) is 6.54 Å². The summed E-state index contributed by atoms with van der Waals surface area (Å²) in [7, 11) is 2.04. The lowest BCUT2D eigenvalue weighted by molar-refractivity contribution is 0.469. The van der Waals surface area contributed by atoms with Gasteiger partial charge in [0, 0.05) is 31.9 Å². The maximum atomic E-state index is 4.38. The van der Waals surface area contributed by atoms with E-state index in [4.69, 9.17) is 0 Å². The molecule has 0 saturated carbocycles. The SMILES string of the molecule is CC(NCC1Cc2ccccc21)c1nccn1C. The molecule has 0 saturated heterocycles. The minimum Gasteiger partial charge on any atom is -0.337 e. The normalized spacial score (nSPS) is 19.1. The Kier molecular flexibility index (Phi) is 2.92. The van der Waals surface area contributed by atoms with Crippen LogP contribution in [-0.2, 0) is 13.5 Å². The lowest BCUT2D eigenvalue weighted by atomic mass is 9.77. The monoisotopic (exact) mass is 241 g/mol. The van der Waals surface area contributed by atoms with E-state index in [0.717, 1.165) is 12.4 Å². The van der Waals surface area contributed by atoms with Gasteiger partial charge in [0.25, 0.3) is 0 Å². The third-order valence-corrected chi connectivity index (χ3v) is 3.88. The zero-order chi connectivity index (χ0) is 12.5. The van der Waals surface area contributed by atoms with Gasteiger partial charge in [-0.15, -0.1) is 0 Å². The number of imidazole rings is 1. The van der Waals surface area contributed by atoms with Crippen molar-refractivity contribution >= 4 is 0 Å². The van der Waals surface area contributed by atoms with E-state index in [1.54, 1.807) is 0 Å². The van der Waals surface area contributed by atoms with Crippen LogP contribution in [0.4, 0.5) is 0 Å². The van der Waals surface area contributed by atoms with Gasteiger partial charge in [-0.2, -0.15) is 0 Å². The molecule has 0 amide bonds. The van der Waals surface area contributed by atoms with Crippen molar-refractivity contribution < 1.29 is 0 Å². The van der Waals surface area contributed by atoms with Crippen LogP contribution in [0.3, 0.4) is 0 Å². The Bertz CT molecular complexity index is 544. The summed E-state index contributed by atoms with van der Waals surface area (Å²) in [5.41, 5.74) is 3.02. The van der Waals surface area contributed by atoms with E-state index in [2.05, 4.69) is 46.1 Å². The van der Waals surface area contributed by atoms with E-state index in [0.29, 0.717) is 12.0 Å². The average molecular weight is 241 g/mol. The van der Waals surface area contributed by atoms with E-state index < -0.39 is 0 Å². The van der Waals surface area contributed by atoms with Crippen LogP contribution in [0, 0.1) is 0 Å². The topological polar surface area (TPSA) is 29.9 Å². The molecule has 3 rings (SSSR count). The molecule has 1 heterocycles. The first-order chi connectivity index (χ1) is 8.75. The standard InChI is InChI=1S/C15H19N3/c1-11(15-16-7-8-18(15)2)17-10-13-9-12-5-3-4-6-14(12)13/h3-8,11,13,17H,9-10H2,1-2H3. The van der Waals surface area contributed by atoms with Gasteiger partial charge in [0.05, 0.1) is 6.04 Å². The maximum absolute atomic E-state index is 4.38. The summed E-state index contributed by atoms with van der Waals surface area (Å²) in [6.45, 7) is 3.21. The Balaban J connectivity index is 1.59. The summed E-state index contributed by atoms with van der Waals surface area (Å²) in [5, 5.41) is 3.59. The number of hydrogen-bond donors (Lipinski definition) is 1. The highest BCUT2D eigenvalue weighted by molar-refractivity contribution is 5.40. The van der Waals surface area contributed by atoms with E-state index in [1.165, 1.54) is 17.5 Å². The number of rotatable bonds is 4. The number of benzene rings is 1. The zero-order valence-electron chi connectivity index (χ0n) is 10.9. The van der Waals surface area contributed by atoms with E-state index in [9.17, 15) is 0 Å². The summed E-state index contributed by atoms with van der Waals surface area (Å²) in [5.74, 6) is 1.77. The molecule has 0 radical (unpaired) electrons. The number of aryl methyl sites for hydroxylation is 1. The van der Waals surface area contributed by atoms with Gasteiger partial charge >= 0.3 is 0 Å². The Morgan fingerprint density at radius 1 is 1.44 bits per heavy atom. The van der Waals surface area contributed by atoms with Gasteiger partial charge in [-0.1, -0.05) is 24.3 Å². The minimum atomic E-state index is 0.303. The molecule has 0 fully saturated rings. The summed E-state index contributed by atoms with van der Waals surface area (Å²) >= 11 is 0. The molecule has 94 valence electrons. The molecular weight excluding hydrogens is 222 g/mol. The molecule has 0 bridgehead atoms. The highest BCUT2D eigenvalue weighted by Gasteiger charge is 2.25. The Morgan fingerprint density at radius 2 is 2.28 bits per heavy atom. The van der Waals surface area contributed by atoms with Crippen molar-refractivity contribution in [3.8, 4) is 0 Å². The second-order valence-electron chi connectivity index (χ2n) is 5.13. The summed E-state index contributed by atoms with van der Waals surface area (Å²) in [6.07, 6.45) is 5.05. The smallest absolute Gasteiger partial charge is 0.125 e. The fourth-order valence-electron chi connectivity index (χ4n) is 2.75. The molecule has 3 nitrogen and oxygen atoms in total. The van der Waals surface area contributed by atoms with Gasteiger partial charge in [0.1, 0.15) is 5.82 Å². The first kappa shape index (κ1) is 11.5. The van der Waals surface area contributed by atoms with Gasteiger partial charge < -0.3 is 9.88 Å². The second kappa shape index (κ2) is 4.58. The van der Waals surface area contributed by atoms with Crippen LogP contribution < -0.4 is 5.32 Å². The Hall–Kier alpha value is -1.61. The van der Waals surface area contributed by atoms with Gasteiger partial charge in [-0.05, 0) is 24.5 Å². The highest BCUT2D eigenvalue weighted by Crippen LogP contribution is 2.34. The van der Waals surface area contributed by atoms with Crippen molar-refractivity contribution in [3.63, 3.8) is 0 Å². The quantitative estimate of drug-likeness (QED) is 0.891. The second-order valence-corrected chi connectivity index (χ2v) is 5.13. The third-order valence-electron chi connectivity index (χ3n) is 3.88. The molecule has 1 aromatic carbocycles. The van der Waals surface area contributed by atoms with E-state index in [1.807, 2.05) is 19.4 Å². The van der Waals surface area contributed by atoms with Gasteiger partial charge in [-0.25, -0.2) is 4.98 Å². The first-order valence-electron chi connectivity index (χ1n) is 6.54. The molecule has 2 atom stereocenters. The van der Waals surface area contributed by atoms with E-state index in [-0.39, 0.29) is 0 Å². The minimum absolute atomic E-state index is 0.303. The number of aromatic nitrogens is 2. The van der Waals surface area contributed by atoms with Crippen LogP contribution in [0.1, 0.15) is 35.8 Å². The molecule has 2 aromatic rings. The molecule has 1 N–H and O–H groups in total. The van der Waals surface area contributed by atoms with Crippen molar-refractivity contribution in [1.82, 2.24) is 14.9 Å². The molecule has 1 aromatic heterocycles. The first-order valence-corrected chi connectivity index (χ1v) is 6.54. The lowest BCUT2D eigenvalue weighted by Crippen LogP contribution is -2.31. The number of nitrogens with one attached hydrogen (secondary N) is 1. The van der Waals surface area contributed by atoms with Gasteiger partial charge in [0.15, 0.2) is 0 Å². The third kappa shape index (κ3) is 1.95. The molecule has 18 heavy (non-hydrogen) atoms. The zero-order valence-corrected chi connectivity index (χ0v) is 10.9. The molecule has 1 aliphatic rings. The highest BCUT2D eigenvalue weighted by atomic mass is 15.1. The van der Waals surface area contributed by atoms with Gasteiger partial charge in [0.2, 0.25) is 0 Å². The maximum Gasteiger partial charge on any atom is 0.125 e.